The lowest BCUT2D eigenvalue weighted by Gasteiger charge is -2.46. The van der Waals surface area contributed by atoms with Crippen LogP contribution in [-0.2, 0) is 0 Å². The Balaban J connectivity index is 0.994. The number of aliphatic hydroxyl groups excluding tert-OH is 2. The molecule has 4 heterocycles. The highest BCUT2D eigenvalue weighted by Gasteiger charge is 2.42. The van der Waals surface area contributed by atoms with Crippen LogP contribution in [0.4, 0.5) is 45.5 Å². The van der Waals surface area contributed by atoms with Crippen LogP contribution in [0.1, 0.15) is 64.2 Å². The molecule has 0 amide bonds. The molecule has 2 saturated carbocycles. The first-order valence-corrected chi connectivity index (χ1v) is 25.3. The molecule has 0 bridgehead atoms. The summed E-state index contributed by atoms with van der Waals surface area (Å²) in [6.07, 6.45) is 12.8. The fraction of sp³-hybridized carbons (Fsp3) is 0.327. The third-order valence-corrected chi connectivity index (χ3v) is 17.0. The van der Waals surface area contributed by atoms with Crippen LogP contribution in [0.25, 0.3) is 33.4 Å². The van der Waals surface area contributed by atoms with Crippen LogP contribution in [0.2, 0.25) is 0 Å². The summed E-state index contributed by atoms with van der Waals surface area (Å²) < 4.78 is 16.8. The molecule has 4 aliphatic heterocycles. The fourth-order valence-electron chi connectivity index (χ4n) is 11.5. The lowest BCUT2D eigenvalue weighted by atomic mass is 9.92. The number of benzene rings is 6. The summed E-state index contributed by atoms with van der Waals surface area (Å²) in [5.41, 5.74) is 13.7. The second-order valence-corrected chi connectivity index (χ2v) is 20.7. The molecule has 0 aromatic heterocycles. The number of nitrogens with zero attached hydrogens (tertiary/aromatic N) is 5. The first-order valence-electron chi connectivity index (χ1n) is 24.1. The molecular formula is C55H56N5O3S2+. The molecule has 330 valence electrons. The molecule has 65 heavy (non-hydrogen) atoms. The summed E-state index contributed by atoms with van der Waals surface area (Å²) >= 11 is 3.74. The van der Waals surface area contributed by atoms with Crippen molar-refractivity contribution >= 4 is 80.0 Å². The third kappa shape index (κ3) is 6.93. The van der Waals surface area contributed by atoms with Gasteiger partial charge in [0.25, 0.3) is 0 Å². The Morgan fingerprint density at radius 2 is 1.35 bits per heavy atom. The largest absolute Gasteiger partial charge is 0.456 e. The van der Waals surface area contributed by atoms with Crippen molar-refractivity contribution in [1.29, 1.82) is 1.43 Å². The second kappa shape index (κ2) is 16.8. The van der Waals surface area contributed by atoms with E-state index < -0.39 is 0 Å². The molecule has 3 aliphatic carbocycles. The minimum absolute atomic E-state index is 0.0284. The molecule has 10 heteroatoms. The van der Waals surface area contributed by atoms with Crippen LogP contribution < -0.4 is 29.5 Å². The monoisotopic (exact) mass is 900 g/mol. The summed E-state index contributed by atoms with van der Waals surface area (Å²) in [5.74, 6) is 0.930. The van der Waals surface area contributed by atoms with Crippen molar-refractivity contribution in [1.82, 2.24) is 4.58 Å². The molecule has 7 aliphatic rings. The number of para-hydroxylation sites is 2. The van der Waals surface area contributed by atoms with Gasteiger partial charge in [-0.1, -0.05) is 61.3 Å². The molecule has 0 atom stereocenters. The normalized spacial score (nSPS) is 17.3. The molecule has 2 N–H and O–H groups in total. The lowest BCUT2D eigenvalue weighted by Crippen LogP contribution is -2.37. The van der Waals surface area contributed by atoms with E-state index in [-0.39, 0.29) is 13.2 Å². The standard InChI is InChI=1S/C55H56N5O3S2/c1-56(36-11-5-3-6-12-36)40-23-25-42-46(33-40)63-47-34-41(57(2)37-13-7-4-8-14-37)24-26-43(47)52(42)35-31-50-55-51(32-35)65-49-18-10-16-45-54(49)60(55)53-44(15-9-17-48(53)64-50)59(45)39-21-19-38(20-22-39)58(27-29-61)28-30-62/h9-10,15-26,31-34,36-37,61-62H,3-8,11-14,27-30H2,1-2H3/q+1/i61T. The average Bonchev–Trinajstić information content (AvgIpc) is 3.36. The number of aliphatic hydroxyl groups is 2. The van der Waals surface area contributed by atoms with Gasteiger partial charge in [0.2, 0.25) is 6.79 Å². The molecule has 12 rings (SSSR count). The Kier molecular flexibility index (Phi) is 10.3. The minimum atomic E-state index is 0.0284. The van der Waals surface area contributed by atoms with Gasteiger partial charge in [-0.2, -0.15) is 0 Å². The van der Waals surface area contributed by atoms with Crippen molar-refractivity contribution in [3.05, 3.63) is 115 Å². The van der Waals surface area contributed by atoms with Gasteiger partial charge in [0.15, 0.2) is 6.04 Å². The topological polar surface area (TPSA) is 69.6 Å². The molecule has 0 radical (unpaired) electrons. The Morgan fingerprint density at radius 3 is 2.03 bits per heavy atom. The summed E-state index contributed by atoms with van der Waals surface area (Å²) in [6.45, 7) is 1.30. The van der Waals surface area contributed by atoms with E-state index in [1.807, 2.05) is 23.5 Å². The van der Waals surface area contributed by atoms with Crippen molar-refractivity contribution in [3.8, 4) is 22.5 Å². The molecule has 2 fully saturated rings. The first-order chi connectivity index (χ1) is 32.5. The molecule has 0 unspecified atom stereocenters. The maximum Gasteiger partial charge on any atom is 0.210 e. The van der Waals surface area contributed by atoms with Crippen molar-refractivity contribution in [2.75, 3.05) is 60.0 Å². The number of anilines is 8. The SMILES string of the molecule is [3H]OCCN(CCO)c1ccc(N2c3cccc4c3N3c5c(cc(-c6c7ccc(=[N+](C)C8CCCCC8)cc-7oc7cc(N(C)C8CCCCC8)ccc67)cc5Sc5cccc2c53)S4)cc1. The van der Waals surface area contributed by atoms with E-state index in [9.17, 15) is 5.11 Å². The Labute approximate surface area is 391 Å². The highest BCUT2D eigenvalue weighted by atomic mass is 32.2. The van der Waals surface area contributed by atoms with E-state index in [1.54, 1.807) is 0 Å². The number of fused-ring (bicyclic) bond motifs is 2. The van der Waals surface area contributed by atoms with Crippen LogP contribution in [0.15, 0.2) is 133 Å². The van der Waals surface area contributed by atoms with Gasteiger partial charge < -0.3 is 34.2 Å². The highest BCUT2D eigenvalue weighted by Crippen LogP contribution is 2.68. The molecule has 5 aromatic rings. The predicted octanol–water partition coefficient (Wildman–Crippen LogP) is 12.7. The van der Waals surface area contributed by atoms with E-state index in [2.05, 4.69) is 153 Å². The Hall–Kier alpha value is -5.39. The second-order valence-electron chi connectivity index (χ2n) is 18.5. The zero-order chi connectivity index (χ0) is 44.5. The van der Waals surface area contributed by atoms with Crippen LogP contribution in [0.5, 0.6) is 0 Å². The van der Waals surface area contributed by atoms with E-state index in [1.165, 1.54) is 123 Å². The summed E-state index contributed by atoms with van der Waals surface area (Å²) in [7, 11) is 4.55. The van der Waals surface area contributed by atoms with Gasteiger partial charge in [-0.3, -0.25) is 0 Å². The zero-order valence-corrected chi connectivity index (χ0v) is 38.9. The molecule has 0 saturated heterocycles. The van der Waals surface area contributed by atoms with Crippen molar-refractivity contribution in [3.63, 3.8) is 0 Å². The molecule has 8 nitrogen and oxygen atoms in total. The third-order valence-electron chi connectivity index (χ3n) is 14.8. The van der Waals surface area contributed by atoms with Crippen molar-refractivity contribution in [2.24, 2.45) is 0 Å². The van der Waals surface area contributed by atoms with E-state index in [0.717, 1.165) is 45.0 Å². The van der Waals surface area contributed by atoms with Crippen LogP contribution in [0.3, 0.4) is 0 Å². The number of hydrogen-bond acceptors (Lipinski definition) is 9. The quantitative estimate of drug-likeness (QED) is 0.0976. The smallest absolute Gasteiger partial charge is 0.210 e. The number of hydrogen-bond donors (Lipinski definition) is 2. The Morgan fingerprint density at radius 1 is 0.692 bits per heavy atom. The highest BCUT2D eigenvalue weighted by molar-refractivity contribution is 8.00. The van der Waals surface area contributed by atoms with Gasteiger partial charge in [0.1, 0.15) is 18.4 Å². The van der Waals surface area contributed by atoms with Gasteiger partial charge in [-0.05, 0) is 110 Å². The minimum Gasteiger partial charge on any atom is -0.456 e. The van der Waals surface area contributed by atoms with Crippen LogP contribution in [0, 0.1) is 0 Å². The Bertz CT molecular complexity index is 2960. The lowest BCUT2D eigenvalue weighted by molar-refractivity contribution is 0.281. The van der Waals surface area contributed by atoms with Gasteiger partial charge in [-0.25, -0.2) is 4.58 Å². The predicted molar refractivity (Wildman–Crippen MR) is 269 cm³/mol. The average molecular weight is 901 g/mol. The van der Waals surface area contributed by atoms with Gasteiger partial charge >= 0.3 is 0 Å². The molecule has 5 aromatic carbocycles. The summed E-state index contributed by atoms with van der Waals surface area (Å²) in [6, 6.07) is 41.9. The molecular weight excluding hydrogens is 843 g/mol. The van der Waals surface area contributed by atoms with E-state index in [0.29, 0.717) is 25.2 Å². The van der Waals surface area contributed by atoms with Crippen LogP contribution >= 0.6 is 23.5 Å². The van der Waals surface area contributed by atoms with E-state index in [4.69, 9.17) is 5.85 Å². The first kappa shape index (κ1) is 39.9. The van der Waals surface area contributed by atoms with Crippen LogP contribution in [-0.4, -0.2) is 64.1 Å². The zero-order valence-electron chi connectivity index (χ0n) is 38.3. The van der Waals surface area contributed by atoms with E-state index >= 15 is 0 Å². The molecule has 0 spiro atoms. The van der Waals surface area contributed by atoms with Crippen molar-refractivity contribution < 1.29 is 14.6 Å². The fourth-order valence-corrected chi connectivity index (χ4v) is 13.9. The maximum absolute atomic E-state index is 9.79. The van der Waals surface area contributed by atoms with Gasteiger partial charge in [-0.15, -0.1) is 0 Å². The van der Waals surface area contributed by atoms with Gasteiger partial charge in [0.05, 0.1) is 47.7 Å². The maximum atomic E-state index is 9.79. The summed E-state index contributed by atoms with van der Waals surface area (Å²) in [4.78, 5) is 14.5. The van der Waals surface area contributed by atoms with Crippen molar-refractivity contribution in [2.45, 2.75) is 95.9 Å². The summed E-state index contributed by atoms with van der Waals surface area (Å²) in [5, 5.41) is 16.8. The number of rotatable bonds is 11. The van der Waals surface area contributed by atoms with Gasteiger partial charge in [0, 0.05) is 104 Å².